The van der Waals surface area contributed by atoms with Crippen LogP contribution in [0, 0.1) is 5.92 Å². The highest BCUT2D eigenvalue weighted by molar-refractivity contribution is 5.78. The molecule has 0 aromatic carbocycles. The molecule has 0 bridgehead atoms. The Morgan fingerprint density at radius 1 is 0.933 bits per heavy atom. The molecule has 0 saturated heterocycles. The second kappa shape index (κ2) is 10.2. The Morgan fingerprint density at radius 2 is 1.53 bits per heavy atom. The van der Waals surface area contributed by atoms with Gasteiger partial charge >= 0.3 is 0 Å². The maximum Gasteiger partial charge on any atom is 0.132 e. The molecule has 0 N–H and O–H groups in total. The molecule has 0 aliphatic heterocycles. The quantitative estimate of drug-likeness (QED) is 0.478. The van der Waals surface area contributed by atoms with E-state index in [1.54, 1.807) is 0 Å². The van der Waals surface area contributed by atoms with E-state index in [9.17, 15) is 4.79 Å². The summed E-state index contributed by atoms with van der Waals surface area (Å²) in [5.41, 5.74) is 0. The summed E-state index contributed by atoms with van der Waals surface area (Å²) in [7, 11) is 0. The summed E-state index contributed by atoms with van der Waals surface area (Å²) in [6, 6.07) is 0. The van der Waals surface area contributed by atoms with Crippen LogP contribution in [0.2, 0.25) is 0 Å². The van der Waals surface area contributed by atoms with Crippen molar-refractivity contribution in [2.24, 2.45) is 5.92 Å². The predicted octanol–water partition coefficient (Wildman–Crippen LogP) is 4.74. The van der Waals surface area contributed by atoms with Gasteiger partial charge in [-0.3, -0.25) is 4.79 Å². The lowest BCUT2D eigenvalue weighted by atomic mass is 10.0. The van der Waals surface area contributed by atoms with Crippen LogP contribution in [0.4, 0.5) is 0 Å². The highest BCUT2D eigenvalue weighted by Crippen LogP contribution is 2.10. The maximum absolute atomic E-state index is 11.4. The van der Waals surface area contributed by atoms with Gasteiger partial charge in [-0.15, -0.1) is 0 Å². The van der Waals surface area contributed by atoms with E-state index in [2.05, 4.69) is 20.8 Å². The summed E-state index contributed by atoms with van der Waals surface area (Å²) in [4.78, 5) is 11.4. The number of hydrogen-bond acceptors (Lipinski definition) is 1. The smallest absolute Gasteiger partial charge is 0.132 e. The van der Waals surface area contributed by atoms with E-state index >= 15 is 0 Å². The van der Waals surface area contributed by atoms with E-state index in [0.29, 0.717) is 11.7 Å². The third kappa shape index (κ3) is 11.6. The van der Waals surface area contributed by atoms with E-state index < -0.39 is 0 Å². The molecular weight excluding hydrogens is 184 g/mol. The molecule has 0 unspecified atom stereocenters. The number of hydrogen-bond donors (Lipinski definition) is 0. The number of rotatable bonds is 10. The topological polar surface area (TPSA) is 17.1 Å². The molecule has 0 rings (SSSR count). The van der Waals surface area contributed by atoms with E-state index in [0.717, 1.165) is 25.7 Å². The lowest BCUT2D eigenvalue weighted by Gasteiger charge is -2.03. The van der Waals surface area contributed by atoms with Gasteiger partial charge in [0.2, 0.25) is 0 Å². The summed E-state index contributed by atoms with van der Waals surface area (Å²) in [6.45, 7) is 6.59. The predicted molar refractivity (Wildman–Crippen MR) is 67.1 cm³/mol. The van der Waals surface area contributed by atoms with Crippen LogP contribution in [0.5, 0.6) is 0 Å². The summed E-state index contributed by atoms with van der Waals surface area (Å²) in [6.07, 6.45) is 10.3. The molecular formula is C14H28O. The van der Waals surface area contributed by atoms with Gasteiger partial charge in [-0.1, -0.05) is 52.9 Å². The SMILES string of the molecule is CCCCCCCCC(=O)CCC(C)C. The fraction of sp³-hybridized carbons (Fsp3) is 0.929. The summed E-state index contributed by atoms with van der Waals surface area (Å²) in [5, 5.41) is 0. The average molecular weight is 212 g/mol. The lowest BCUT2D eigenvalue weighted by molar-refractivity contribution is -0.119. The van der Waals surface area contributed by atoms with Crippen molar-refractivity contribution in [3.05, 3.63) is 0 Å². The minimum Gasteiger partial charge on any atom is -0.300 e. The maximum atomic E-state index is 11.4. The summed E-state index contributed by atoms with van der Waals surface area (Å²) < 4.78 is 0. The minimum absolute atomic E-state index is 0.471. The Hall–Kier alpha value is -0.330. The van der Waals surface area contributed by atoms with Crippen molar-refractivity contribution < 1.29 is 4.79 Å². The van der Waals surface area contributed by atoms with Gasteiger partial charge in [0.15, 0.2) is 0 Å². The fourth-order valence-corrected chi connectivity index (χ4v) is 1.68. The monoisotopic (exact) mass is 212 g/mol. The first-order chi connectivity index (χ1) is 7.16. The number of ketones is 1. The standard InChI is InChI=1S/C14H28O/c1-4-5-6-7-8-9-10-14(15)12-11-13(2)3/h13H,4-12H2,1-3H3. The molecule has 0 spiro atoms. The molecule has 0 aliphatic carbocycles. The Balaban J connectivity index is 3.17. The normalized spacial score (nSPS) is 10.9. The Labute approximate surface area is 95.6 Å². The van der Waals surface area contributed by atoms with Crippen LogP contribution < -0.4 is 0 Å². The van der Waals surface area contributed by atoms with Crippen molar-refractivity contribution in [2.45, 2.75) is 78.6 Å². The number of carbonyl (C=O) groups is 1. The Bertz CT molecular complexity index is 149. The van der Waals surface area contributed by atoms with E-state index in [1.807, 2.05) is 0 Å². The largest absolute Gasteiger partial charge is 0.300 e. The molecule has 0 aromatic heterocycles. The van der Waals surface area contributed by atoms with Crippen molar-refractivity contribution >= 4 is 5.78 Å². The van der Waals surface area contributed by atoms with Crippen molar-refractivity contribution in [3.8, 4) is 0 Å². The van der Waals surface area contributed by atoms with Crippen LogP contribution >= 0.6 is 0 Å². The van der Waals surface area contributed by atoms with Crippen molar-refractivity contribution in [3.63, 3.8) is 0 Å². The van der Waals surface area contributed by atoms with Gasteiger partial charge in [0.1, 0.15) is 5.78 Å². The van der Waals surface area contributed by atoms with Crippen molar-refractivity contribution in [1.29, 1.82) is 0 Å². The highest BCUT2D eigenvalue weighted by Gasteiger charge is 2.03. The third-order valence-corrected chi connectivity index (χ3v) is 2.81. The summed E-state index contributed by atoms with van der Waals surface area (Å²) in [5.74, 6) is 1.14. The zero-order valence-electron chi connectivity index (χ0n) is 10.8. The fourth-order valence-electron chi connectivity index (χ4n) is 1.68. The first-order valence-corrected chi connectivity index (χ1v) is 6.68. The zero-order valence-corrected chi connectivity index (χ0v) is 10.8. The van der Waals surface area contributed by atoms with Crippen molar-refractivity contribution in [2.75, 3.05) is 0 Å². The van der Waals surface area contributed by atoms with Crippen LogP contribution in [-0.4, -0.2) is 5.78 Å². The Kier molecular flexibility index (Phi) is 9.97. The van der Waals surface area contributed by atoms with Gasteiger partial charge in [0, 0.05) is 12.8 Å². The van der Waals surface area contributed by atoms with Gasteiger partial charge in [0.05, 0.1) is 0 Å². The molecule has 0 atom stereocenters. The van der Waals surface area contributed by atoms with Gasteiger partial charge in [-0.05, 0) is 18.8 Å². The molecule has 15 heavy (non-hydrogen) atoms. The van der Waals surface area contributed by atoms with E-state index in [-0.39, 0.29) is 0 Å². The molecule has 0 aromatic rings. The second-order valence-electron chi connectivity index (χ2n) is 4.99. The molecule has 0 aliphatic rings. The average Bonchev–Trinajstić information content (AvgIpc) is 2.20. The molecule has 0 heterocycles. The Morgan fingerprint density at radius 3 is 2.13 bits per heavy atom. The van der Waals surface area contributed by atoms with Gasteiger partial charge < -0.3 is 0 Å². The van der Waals surface area contributed by atoms with Gasteiger partial charge in [-0.2, -0.15) is 0 Å². The number of unbranched alkanes of at least 4 members (excludes halogenated alkanes) is 5. The second-order valence-corrected chi connectivity index (χ2v) is 4.99. The molecule has 1 nitrogen and oxygen atoms in total. The molecule has 0 fully saturated rings. The molecule has 90 valence electrons. The van der Waals surface area contributed by atoms with Crippen LogP contribution in [-0.2, 0) is 4.79 Å². The van der Waals surface area contributed by atoms with Crippen LogP contribution in [0.25, 0.3) is 0 Å². The van der Waals surface area contributed by atoms with E-state index in [1.165, 1.54) is 32.1 Å². The molecule has 1 heteroatoms. The van der Waals surface area contributed by atoms with Crippen molar-refractivity contribution in [1.82, 2.24) is 0 Å². The van der Waals surface area contributed by atoms with Crippen LogP contribution in [0.3, 0.4) is 0 Å². The minimum atomic E-state index is 0.471. The lowest BCUT2D eigenvalue weighted by Crippen LogP contribution is -2.00. The van der Waals surface area contributed by atoms with Gasteiger partial charge in [0.25, 0.3) is 0 Å². The first kappa shape index (κ1) is 14.7. The third-order valence-electron chi connectivity index (χ3n) is 2.81. The summed E-state index contributed by atoms with van der Waals surface area (Å²) >= 11 is 0. The molecule has 0 amide bonds. The highest BCUT2D eigenvalue weighted by atomic mass is 16.1. The zero-order chi connectivity index (χ0) is 11.5. The van der Waals surface area contributed by atoms with Crippen LogP contribution in [0.15, 0.2) is 0 Å². The molecule has 0 radical (unpaired) electrons. The van der Waals surface area contributed by atoms with Gasteiger partial charge in [-0.25, -0.2) is 0 Å². The number of Topliss-reactive ketones (excluding diaryl/α,β-unsaturated/α-hetero) is 1. The number of carbonyl (C=O) groups excluding carboxylic acids is 1. The van der Waals surface area contributed by atoms with E-state index in [4.69, 9.17) is 0 Å². The first-order valence-electron chi connectivity index (χ1n) is 6.68. The molecule has 0 saturated carbocycles. The van der Waals surface area contributed by atoms with Crippen LogP contribution in [0.1, 0.15) is 78.6 Å².